The van der Waals surface area contributed by atoms with Crippen molar-refractivity contribution in [2.75, 3.05) is 12.3 Å². The van der Waals surface area contributed by atoms with Crippen LogP contribution in [-0.4, -0.2) is 43.6 Å². The van der Waals surface area contributed by atoms with Crippen LogP contribution in [0.3, 0.4) is 0 Å². The van der Waals surface area contributed by atoms with Crippen LogP contribution in [0.1, 0.15) is 12.6 Å². The maximum atomic E-state index is 10.0. The van der Waals surface area contributed by atoms with E-state index in [4.69, 9.17) is 15.6 Å². The second-order valence-electron chi connectivity index (χ2n) is 4.48. The van der Waals surface area contributed by atoms with Crippen LogP contribution in [-0.2, 0) is 4.74 Å². The summed E-state index contributed by atoms with van der Waals surface area (Å²) in [5.41, 5.74) is 6.47. The second-order valence-corrected chi connectivity index (χ2v) is 5.64. The van der Waals surface area contributed by atoms with Crippen molar-refractivity contribution in [3.63, 3.8) is 0 Å². The van der Waals surface area contributed by atoms with E-state index in [9.17, 15) is 5.11 Å². The number of aliphatic hydroxyl groups is 2. The van der Waals surface area contributed by atoms with Crippen LogP contribution in [0.15, 0.2) is 12.5 Å². The molecular formula is C11H13IN4O3. The highest BCUT2D eigenvalue weighted by atomic mass is 127. The van der Waals surface area contributed by atoms with E-state index in [1.165, 1.54) is 6.33 Å². The van der Waals surface area contributed by atoms with Gasteiger partial charge < -0.3 is 25.3 Å². The topological polar surface area (TPSA) is 106 Å². The number of ether oxygens (including phenoxy) is 1. The van der Waals surface area contributed by atoms with Gasteiger partial charge in [-0.05, 0) is 22.6 Å². The van der Waals surface area contributed by atoms with Crippen molar-refractivity contribution in [2.45, 2.75) is 24.9 Å². The van der Waals surface area contributed by atoms with E-state index in [2.05, 4.69) is 32.6 Å². The number of fused-ring (bicyclic) bond motifs is 1. The molecule has 1 aliphatic heterocycles. The number of aliphatic hydroxyl groups excluding tert-OH is 2. The van der Waals surface area contributed by atoms with Crippen molar-refractivity contribution < 1.29 is 14.9 Å². The zero-order chi connectivity index (χ0) is 13.6. The normalized spacial score (nSPS) is 27.2. The van der Waals surface area contributed by atoms with E-state index >= 15 is 0 Å². The molecule has 1 fully saturated rings. The molecule has 2 aromatic rings. The maximum Gasteiger partial charge on any atom is 0.161 e. The second kappa shape index (κ2) is 4.85. The van der Waals surface area contributed by atoms with Crippen molar-refractivity contribution in [1.29, 1.82) is 0 Å². The highest BCUT2D eigenvalue weighted by Crippen LogP contribution is 2.34. The number of aromatic nitrogens is 3. The summed E-state index contributed by atoms with van der Waals surface area (Å²) in [4.78, 5) is 8.17. The zero-order valence-electron chi connectivity index (χ0n) is 9.90. The van der Waals surface area contributed by atoms with Gasteiger partial charge in [0.05, 0.1) is 18.1 Å². The van der Waals surface area contributed by atoms with Crippen LogP contribution < -0.4 is 5.73 Å². The largest absolute Gasteiger partial charge is 0.394 e. The lowest BCUT2D eigenvalue weighted by atomic mass is 10.2. The average Bonchev–Trinajstić information content (AvgIpc) is 2.91. The van der Waals surface area contributed by atoms with Gasteiger partial charge in [-0.25, -0.2) is 9.97 Å². The van der Waals surface area contributed by atoms with Gasteiger partial charge in [-0.1, -0.05) is 0 Å². The first-order valence-electron chi connectivity index (χ1n) is 5.82. The van der Waals surface area contributed by atoms with Gasteiger partial charge in [0.1, 0.15) is 23.9 Å². The Morgan fingerprint density at radius 1 is 1.53 bits per heavy atom. The van der Waals surface area contributed by atoms with Crippen LogP contribution in [0, 0.1) is 3.57 Å². The van der Waals surface area contributed by atoms with Gasteiger partial charge in [-0.15, -0.1) is 0 Å². The molecule has 7 nitrogen and oxygen atoms in total. The molecule has 19 heavy (non-hydrogen) atoms. The number of anilines is 1. The Balaban J connectivity index is 2.09. The van der Waals surface area contributed by atoms with Gasteiger partial charge in [0.25, 0.3) is 0 Å². The van der Waals surface area contributed by atoms with Gasteiger partial charge in [-0.3, -0.25) is 0 Å². The van der Waals surface area contributed by atoms with Crippen LogP contribution in [0.25, 0.3) is 11.0 Å². The molecule has 0 saturated carbocycles. The SMILES string of the molecule is Nc1ncnc2c1c(I)cn2C1O[C@H](CO)C[C@H]1O. The lowest BCUT2D eigenvalue weighted by molar-refractivity contribution is -0.0484. The Kier molecular flexibility index (Phi) is 3.33. The highest BCUT2D eigenvalue weighted by Gasteiger charge is 2.36. The molecule has 1 unspecified atom stereocenters. The third-order valence-corrected chi connectivity index (χ3v) is 4.05. The number of halogens is 1. The Morgan fingerprint density at radius 3 is 3.00 bits per heavy atom. The number of nitrogens with zero attached hydrogens (tertiary/aromatic N) is 3. The molecule has 3 heterocycles. The summed E-state index contributed by atoms with van der Waals surface area (Å²) in [7, 11) is 0. The van der Waals surface area contributed by atoms with Crippen molar-refractivity contribution >= 4 is 39.4 Å². The van der Waals surface area contributed by atoms with Crippen LogP contribution in [0.2, 0.25) is 0 Å². The van der Waals surface area contributed by atoms with Gasteiger partial charge >= 0.3 is 0 Å². The molecule has 102 valence electrons. The Labute approximate surface area is 122 Å². The Morgan fingerprint density at radius 2 is 2.32 bits per heavy atom. The summed E-state index contributed by atoms with van der Waals surface area (Å²) < 4.78 is 8.27. The zero-order valence-corrected chi connectivity index (χ0v) is 12.1. The van der Waals surface area contributed by atoms with E-state index < -0.39 is 12.3 Å². The predicted molar refractivity (Wildman–Crippen MR) is 76.3 cm³/mol. The molecule has 1 aliphatic rings. The molecule has 0 radical (unpaired) electrons. The van der Waals surface area contributed by atoms with E-state index in [1.54, 1.807) is 4.57 Å². The van der Waals surface area contributed by atoms with Crippen molar-refractivity contribution in [3.05, 3.63) is 16.1 Å². The molecule has 2 aromatic heterocycles. The summed E-state index contributed by atoms with van der Waals surface area (Å²) in [5.74, 6) is 0.402. The number of nitrogen functional groups attached to an aromatic ring is 1. The van der Waals surface area contributed by atoms with E-state index in [0.717, 1.165) is 8.96 Å². The minimum atomic E-state index is -0.681. The molecule has 0 aliphatic carbocycles. The average molecular weight is 376 g/mol. The summed E-state index contributed by atoms with van der Waals surface area (Å²) in [5, 5.41) is 19.9. The Hall–Kier alpha value is -0.970. The van der Waals surface area contributed by atoms with Gasteiger partial charge in [0.15, 0.2) is 6.23 Å². The molecule has 1 saturated heterocycles. The van der Waals surface area contributed by atoms with Crippen LogP contribution in [0.4, 0.5) is 5.82 Å². The van der Waals surface area contributed by atoms with Gasteiger partial charge in [0, 0.05) is 16.2 Å². The fourth-order valence-corrected chi connectivity index (χ4v) is 3.17. The molecule has 3 rings (SSSR count). The quantitative estimate of drug-likeness (QED) is 0.650. The number of hydrogen-bond donors (Lipinski definition) is 3. The van der Waals surface area contributed by atoms with Crippen molar-refractivity contribution in [3.8, 4) is 0 Å². The molecule has 8 heteroatoms. The van der Waals surface area contributed by atoms with Gasteiger partial charge in [-0.2, -0.15) is 0 Å². The molecule has 4 N–H and O–H groups in total. The maximum absolute atomic E-state index is 10.0. The van der Waals surface area contributed by atoms with Gasteiger partial charge in [0.2, 0.25) is 0 Å². The summed E-state index contributed by atoms with van der Waals surface area (Å²) in [6.07, 6.45) is 2.02. The van der Waals surface area contributed by atoms with Crippen molar-refractivity contribution in [2.24, 2.45) is 0 Å². The number of nitrogens with two attached hydrogens (primary N) is 1. The van der Waals surface area contributed by atoms with E-state index in [0.29, 0.717) is 17.9 Å². The fourth-order valence-electron chi connectivity index (χ4n) is 2.35. The molecule has 0 spiro atoms. The molecular weight excluding hydrogens is 363 g/mol. The first kappa shape index (κ1) is 13.0. The standard InChI is InChI=1S/C11H13IN4O3/c12-6-2-16(10-8(6)9(13)14-4-15-10)11-7(18)1-5(3-17)19-11/h2,4-5,7,11,17-18H,1,3H2,(H2,13,14,15)/t5-,7+,11?/m0/s1. The molecule has 3 atom stereocenters. The third-order valence-electron chi connectivity index (χ3n) is 3.24. The number of rotatable bonds is 2. The first-order valence-corrected chi connectivity index (χ1v) is 6.90. The van der Waals surface area contributed by atoms with Crippen molar-refractivity contribution in [1.82, 2.24) is 14.5 Å². The minimum absolute atomic E-state index is 0.110. The lowest BCUT2D eigenvalue weighted by Gasteiger charge is -2.17. The number of hydrogen-bond acceptors (Lipinski definition) is 6. The Bertz CT molecular complexity index is 617. The fraction of sp³-hybridized carbons (Fsp3) is 0.455. The van der Waals surface area contributed by atoms with Crippen LogP contribution >= 0.6 is 22.6 Å². The third kappa shape index (κ3) is 2.08. The minimum Gasteiger partial charge on any atom is -0.394 e. The van der Waals surface area contributed by atoms with E-state index in [1.807, 2.05) is 6.20 Å². The molecule has 0 bridgehead atoms. The summed E-state index contributed by atoms with van der Waals surface area (Å²) in [6, 6.07) is 0. The molecule has 0 amide bonds. The first-order chi connectivity index (χ1) is 9.11. The predicted octanol–water partition coefficient (Wildman–Crippen LogP) is 0.259. The monoisotopic (exact) mass is 376 g/mol. The summed E-state index contributed by atoms with van der Waals surface area (Å²) in [6.45, 7) is -0.110. The highest BCUT2D eigenvalue weighted by molar-refractivity contribution is 14.1. The molecule has 0 aromatic carbocycles. The summed E-state index contributed by atoms with van der Waals surface area (Å²) >= 11 is 2.15. The van der Waals surface area contributed by atoms with E-state index in [-0.39, 0.29) is 12.7 Å². The van der Waals surface area contributed by atoms with Crippen LogP contribution in [0.5, 0.6) is 0 Å². The smallest absolute Gasteiger partial charge is 0.161 e. The lowest BCUT2D eigenvalue weighted by Crippen LogP contribution is -2.19.